The molecular weight excluding hydrogens is 298 g/mol. The second-order valence-electron chi connectivity index (χ2n) is 6.62. The van der Waals surface area contributed by atoms with Crippen LogP contribution in [0.3, 0.4) is 0 Å². The molecule has 0 aliphatic carbocycles. The van der Waals surface area contributed by atoms with Gasteiger partial charge in [0.05, 0.1) is 11.7 Å². The summed E-state index contributed by atoms with van der Waals surface area (Å²) in [5, 5.41) is 2.81. The molecule has 2 heterocycles. The van der Waals surface area contributed by atoms with Crippen molar-refractivity contribution >= 4 is 5.91 Å². The average Bonchev–Trinajstić information content (AvgIpc) is 3.03. The number of pyridine rings is 1. The van der Waals surface area contributed by atoms with Crippen LogP contribution in [0.25, 0.3) is 0 Å². The summed E-state index contributed by atoms with van der Waals surface area (Å²) in [7, 11) is 0. The van der Waals surface area contributed by atoms with Crippen LogP contribution >= 0.6 is 0 Å². The SMILES string of the molecule is CC(=O)NCc1ccc([C@H]2CCCN2Cc2ccc(C)cc2)nc1. The zero-order valence-corrected chi connectivity index (χ0v) is 14.5. The highest BCUT2D eigenvalue weighted by Gasteiger charge is 2.26. The third-order valence-electron chi connectivity index (χ3n) is 4.60. The van der Waals surface area contributed by atoms with Gasteiger partial charge in [-0.15, -0.1) is 0 Å². The molecule has 1 N–H and O–H groups in total. The van der Waals surface area contributed by atoms with E-state index in [1.54, 1.807) is 0 Å². The molecular formula is C20H25N3O. The second kappa shape index (κ2) is 7.58. The van der Waals surface area contributed by atoms with Crippen LogP contribution in [0.2, 0.25) is 0 Å². The number of benzene rings is 1. The number of amides is 1. The summed E-state index contributed by atoms with van der Waals surface area (Å²) in [6.07, 6.45) is 4.25. The van der Waals surface area contributed by atoms with E-state index in [0.717, 1.165) is 30.8 Å². The Kier molecular flexibility index (Phi) is 5.26. The Hall–Kier alpha value is -2.20. The smallest absolute Gasteiger partial charge is 0.217 e. The number of aromatic nitrogens is 1. The lowest BCUT2D eigenvalue weighted by atomic mass is 10.1. The Morgan fingerprint density at radius 3 is 2.62 bits per heavy atom. The number of nitrogens with one attached hydrogen (secondary N) is 1. The van der Waals surface area contributed by atoms with E-state index in [4.69, 9.17) is 0 Å². The molecule has 2 aromatic rings. The summed E-state index contributed by atoms with van der Waals surface area (Å²) in [6, 6.07) is 13.4. The minimum Gasteiger partial charge on any atom is -0.352 e. The minimum absolute atomic E-state index is 0.0147. The fourth-order valence-electron chi connectivity index (χ4n) is 3.24. The number of rotatable bonds is 5. The number of hydrogen-bond acceptors (Lipinski definition) is 3. The molecule has 1 saturated heterocycles. The number of aryl methyl sites for hydroxylation is 1. The highest BCUT2D eigenvalue weighted by molar-refractivity contribution is 5.72. The molecule has 1 aliphatic rings. The van der Waals surface area contributed by atoms with Gasteiger partial charge in [0.1, 0.15) is 0 Å². The van der Waals surface area contributed by atoms with E-state index < -0.39 is 0 Å². The Morgan fingerprint density at radius 2 is 1.96 bits per heavy atom. The van der Waals surface area contributed by atoms with Crippen LogP contribution < -0.4 is 5.32 Å². The molecule has 1 fully saturated rings. The zero-order chi connectivity index (χ0) is 16.9. The predicted octanol–water partition coefficient (Wildman–Crippen LogP) is 3.36. The molecule has 4 heteroatoms. The number of carbonyl (C=O) groups excluding carboxylic acids is 1. The Labute approximate surface area is 143 Å². The fraction of sp³-hybridized carbons (Fsp3) is 0.400. The van der Waals surface area contributed by atoms with E-state index in [1.165, 1.54) is 24.5 Å². The molecule has 3 rings (SSSR count). The molecule has 0 bridgehead atoms. The van der Waals surface area contributed by atoms with Gasteiger partial charge < -0.3 is 5.32 Å². The Bertz CT molecular complexity index is 679. The quantitative estimate of drug-likeness (QED) is 0.917. The lowest BCUT2D eigenvalue weighted by Crippen LogP contribution is -2.23. The first-order chi connectivity index (χ1) is 11.6. The summed E-state index contributed by atoms with van der Waals surface area (Å²) in [6.45, 7) is 6.28. The maximum absolute atomic E-state index is 11.0. The van der Waals surface area contributed by atoms with Crippen LogP contribution in [-0.2, 0) is 17.9 Å². The Balaban J connectivity index is 1.66. The van der Waals surface area contributed by atoms with Crippen molar-refractivity contribution in [2.75, 3.05) is 6.54 Å². The van der Waals surface area contributed by atoms with Gasteiger partial charge in [0.15, 0.2) is 0 Å². The van der Waals surface area contributed by atoms with Crippen molar-refractivity contribution in [1.82, 2.24) is 15.2 Å². The summed E-state index contributed by atoms with van der Waals surface area (Å²) in [4.78, 5) is 18.2. The first-order valence-corrected chi connectivity index (χ1v) is 8.60. The first kappa shape index (κ1) is 16.7. The third-order valence-corrected chi connectivity index (χ3v) is 4.60. The Morgan fingerprint density at radius 1 is 1.21 bits per heavy atom. The maximum atomic E-state index is 11.0. The van der Waals surface area contributed by atoms with E-state index in [-0.39, 0.29) is 5.91 Å². The van der Waals surface area contributed by atoms with Crippen LogP contribution in [0.1, 0.15) is 48.2 Å². The molecule has 4 nitrogen and oxygen atoms in total. The molecule has 24 heavy (non-hydrogen) atoms. The fourth-order valence-corrected chi connectivity index (χ4v) is 3.24. The summed E-state index contributed by atoms with van der Waals surface area (Å²) in [5.74, 6) is -0.0147. The van der Waals surface area contributed by atoms with Crippen LogP contribution in [-0.4, -0.2) is 22.3 Å². The van der Waals surface area contributed by atoms with Gasteiger partial charge in [0, 0.05) is 26.2 Å². The molecule has 0 saturated carbocycles. The molecule has 126 valence electrons. The highest BCUT2D eigenvalue weighted by Crippen LogP contribution is 2.32. The lowest BCUT2D eigenvalue weighted by molar-refractivity contribution is -0.119. The van der Waals surface area contributed by atoms with Crippen molar-refractivity contribution in [2.24, 2.45) is 0 Å². The summed E-state index contributed by atoms with van der Waals surface area (Å²) in [5.41, 5.74) is 4.83. The van der Waals surface area contributed by atoms with Crippen molar-refractivity contribution < 1.29 is 4.79 Å². The molecule has 0 spiro atoms. The van der Waals surface area contributed by atoms with E-state index in [9.17, 15) is 4.79 Å². The molecule has 1 aliphatic heterocycles. The van der Waals surface area contributed by atoms with Gasteiger partial charge in [-0.25, -0.2) is 0 Å². The number of likely N-dealkylation sites (tertiary alicyclic amines) is 1. The zero-order valence-electron chi connectivity index (χ0n) is 14.5. The largest absolute Gasteiger partial charge is 0.352 e. The predicted molar refractivity (Wildman–Crippen MR) is 95.3 cm³/mol. The maximum Gasteiger partial charge on any atom is 0.217 e. The van der Waals surface area contributed by atoms with Gasteiger partial charge in [-0.3, -0.25) is 14.7 Å². The standard InChI is InChI=1S/C20H25N3O/c1-15-5-7-17(8-6-15)14-23-11-3-4-20(23)19-10-9-18(13-22-19)12-21-16(2)24/h5-10,13,20H,3-4,11-12,14H2,1-2H3,(H,21,24)/t20-/m1/s1. The van der Waals surface area contributed by atoms with Crippen LogP contribution in [0.5, 0.6) is 0 Å². The topological polar surface area (TPSA) is 45.2 Å². The van der Waals surface area contributed by atoms with Crippen molar-refractivity contribution in [3.8, 4) is 0 Å². The van der Waals surface area contributed by atoms with Crippen molar-refractivity contribution in [3.63, 3.8) is 0 Å². The first-order valence-electron chi connectivity index (χ1n) is 8.60. The number of nitrogens with zero attached hydrogens (tertiary/aromatic N) is 2. The van der Waals surface area contributed by atoms with Crippen molar-refractivity contribution in [2.45, 2.75) is 45.8 Å². The normalized spacial score (nSPS) is 17.8. The van der Waals surface area contributed by atoms with Gasteiger partial charge in [-0.05, 0) is 43.5 Å². The highest BCUT2D eigenvalue weighted by atomic mass is 16.1. The van der Waals surface area contributed by atoms with Crippen LogP contribution in [0.15, 0.2) is 42.6 Å². The van der Waals surface area contributed by atoms with Gasteiger partial charge >= 0.3 is 0 Å². The van der Waals surface area contributed by atoms with Crippen LogP contribution in [0.4, 0.5) is 0 Å². The van der Waals surface area contributed by atoms with E-state index in [1.807, 2.05) is 6.20 Å². The molecule has 1 aromatic heterocycles. The minimum atomic E-state index is -0.0147. The van der Waals surface area contributed by atoms with E-state index in [2.05, 4.69) is 58.5 Å². The lowest BCUT2D eigenvalue weighted by Gasteiger charge is -2.24. The molecule has 1 atom stereocenters. The van der Waals surface area contributed by atoms with E-state index in [0.29, 0.717) is 12.6 Å². The van der Waals surface area contributed by atoms with Crippen molar-refractivity contribution in [1.29, 1.82) is 0 Å². The molecule has 1 aromatic carbocycles. The van der Waals surface area contributed by atoms with Gasteiger partial charge in [0.2, 0.25) is 5.91 Å². The molecule has 1 amide bonds. The van der Waals surface area contributed by atoms with Crippen LogP contribution in [0, 0.1) is 6.92 Å². The van der Waals surface area contributed by atoms with Gasteiger partial charge in [-0.2, -0.15) is 0 Å². The van der Waals surface area contributed by atoms with Crippen molar-refractivity contribution in [3.05, 3.63) is 65.0 Å². The average molecular weight is 323 g/mol. The number of hydrogen-bond donors (Lipinski definition) is 1. The second-order valence-corrected chi connectivity index (χ2v) is 6.62. The van der Waals surface area contributed by atoms with Gasteiger partial charge in [0.25, 0.3) is 0 Å². The molecule has 0 radical (unpaired) electrons. The monoisotopic (exact) mass is 323 g/mol. The van der Waals surface area contributed by atoms with Gasteiger partial charge in [-0.1, -0.05) is 35.9 Å². The summed E-state index contributed by atoms with van der Waals surface area (Å²) < 4.78 is 0. The molecule has 0 unspecified atom stereocenters. The van der Waals surface area contributed by atoms with E-state index >= 15 is 0 Å². The number of carbonyl (C=O) groups is 1. The third kappa shape index (κ3) is 4.20. The summed E-state index contributed by atoms with van der Waals surface area (Å²) >= 11 is 0.